The van der Waals surface area contributed by atoms with Gasteiger partial charge in [-0.15, -0.1) is 11.3 Å². The van der Waals surface area contributed by atoms with Crippen LogP contribution in [0.25, 0.3) is 0 Å². The average molecular weight is 231 g/mol. The van der Waals surface area contributed by atoms with Crippen LogP contribution in [0.1, 0.15) is 30.7 Å². The Balaban J connectivity index is 1.67. The van der Waals surface area contributed by atoms with E-state index >= 15 is 0 Å². The van der Waals surface area contributed by atoms with Gasteiger partial charge < -0.3 is 5.32 Å². The van der Waals surface area contributed by atoms with E-state index in [0.29, 0.717) is 0 Å². The highest BCUT2D eigenvalue weighted by atomic mass is 35.5. The Labute approximate surface area is 93.7 Å². The van der Waals surface area contributed by atoms with E-state index in [2.05, 4.69) is 10.3 Å². The predicted molar refractivity (Wildman–Crippen MR) is 60.8 cm³/mol. The molecule has 78 valence electrons. The summed E-state index contributed by atoms with van der Waals surface area (Å²) in [5.74, 6) is 0.894. The Morgan fingerprint density at radius 3 is 2.93 bits per heavy atom. The summed E-state index contributed by atoms with van der Waals surface area (Å²) < 4.78 is 0.780. The minimum Gasteiger partial charge on any atom is -0.310 e. The molecule has 0 aliphatic heterocycles. The molecule has 0 radical (unpaired) electrons. The highest BCUT2D eigenvalue weighted by Gasteiger charge is 2.14. The van der Waals surface area contributed by atoms with Gasteiger partial charge in [-0.3, -0.25) is 0 Å². The van der Waals surface area contributed by atoms with Crippen LogP contribution in [0.5, 0.6) is 0 Å². The largest absolute Gasteiger partial charge is 0.310 e. The molecule has 4 heteroatoms. The molecule has 2 rings (SSSR count). The second-order valence-corrected chi connectivity index (χ2v) is 5.59. The predicted octanol–water partition coefficient (Wildman–Crippen LogP) is 3.08. The highest BCUT2D eigenvalue weighted by Crippen LogP contribution is 2.24. The lowest BCUT2D eigenvalue weighted by Gasteiger charge is -2.08. The van der Waals surface area contributed by atoms with Crippen molar-refractivity contribution in [2.75, 3.05) is 6.54 Å². The lowest BCUT2D eigenvalue weighted by atomic mass is 10.1. The lowest BCUT2D eigenvalue weighted by molar-refractivity contribution is 0.489. The van der Waals surface area contributed by atoms with Gasteiger partial charge >= 0.3 is 0 Å². The van der Waals surface area contributed by atoms with E-state index in [-0.39, 0.29) is 0 Å². The zero-order chi connectivity index (χ0) is 9.80. The molecule has 1 saturated carbocycles. The number of rotatable bonds is 4. The molecule has 0 aromatic carbocycles. The van der Waals surface area contributed by atoms with E-state index in [0.717, 1.165) is 28.4 Å². The fraction of sp³-hybridized carbons (Fsp3) is 0.700. The SMILES string of the molecule is Clc1cnc(CNCC2CCCC2)s1. The number of nitrogens with one attached hydrogen (secondary N) is 1. The van der Waals surface area contributed by atoms with Gasteiger partial charge in [-0.2, -0.15) is 0 Å². The Morgan fingerprint density at radius 2 is 2.29 bits per heavy atom. The van der Waals surface area contributed by atoms with E-state index in [4.69, 9.17) is 11.6 Å². The van der Waals surface area contributed by atoms with Crippen LogP contribution in [-0.2, 0) is 6.54 Å². The van der Waals surface area contributed by atoms with Gasteiger partial charge in [0.25, 0.3) is 0 Å². The number of aromatic nitrogens is 1. The molecule has 1 aliphatic rings. The van der Waals surface area contributed by atoms with Crippen molar-refractivity contribution in [1.82, 2.24) is 10.3 Å². The molecular formula is C10H15ClN2S. The quantitative estimate of drug-likeness (QED) is 0.860. The van der Waals surface area contributed by atoms with Crippen molar-refractivity contribution in [3.8, 4) is 0 Å². The van der Waals surface area contributed by atoms with Crippen molar-refractivity contribution >= 4 is 22.9 Å². The Bertz CT molecular complexity index is 281. The van der Waals surface area contributed by atoms with Gasteiger partial charge in [0.15, 0.2) is 0 Å². The second-order valence-electron chi connectivity index (χ2n) is 3.84. The van der Waals surface area contributed by atoms with E-state index in [1.807, 2.05) is 0 Å². The van der Waals surface area contributed by atoms with Crippen molar-refractivity contribution in [2.24, 2.45) is 5.92 Å². The molecule has 0 spiro atoms. The molecule has 1 N–H and O–H groups in total. The highest BCUT2D eigenvalue weighted by molar-refractivity contribution is 7.15. The second kappa shape index (κ2) is 5.10. The van der Waals surface area contributed by atoms with Gasteiger partial charge in [0.2, 0.25) is 0 Å². The Kier molecular flexibility index (Phi) is 3.79. The molecule has 2 nitrogen and oxygen atoms in total. The van der Waals surface area contributed by atoms with Gasteiger partial charge in [0.05, 0.1) is 6.20 Å². The number of hydrogen-bond acceptors (Lipinski definition) is 3. The third-order valence-electron chi connectivity index (χ3n) is 2.71. The van der Waals surface area contributed by atoms with E-state index in [1.54, 1.807) is 17.5 Å². The smallest absolute Gasteiger partial charge is 0.113 e. The van der Waals surface area contributed by atoms with Crippen LogP contribution in [0.4, 0.5) is 0 Å². The maximum Gasteiger partial charge on any atom is 0.113 e. The van der Waals surface area contributed by atoms with Crippen molar-refractivity contribution in [2.45, 2.75) is 32.2 Å². The van der Waals surface area contributed by atoms with Gasteiger partial charge in [-0.05, 0) is 25.3 Å². The Hall–Kier alpha value is -0.120. The maximum atomic E-state index is 5.79. The molecule has 1 aromatic heterocycles. The molecule has 14 heavy (non-hydrogen) atoms. The first kappa shape index (κ1) is 10.4. The number of nitrogens with zero attached hydrogens (tertiary/aromatic N) is 1. The van der Waals surface area contributed by atoms with Crippen LogP contribution >= 0.6 is 22.9 Å². The van der Waals surface area contributed by atoms with Crippen LogP contribution in [0.15, 0.2) is 6.20 Å². The monoisotopic (exact) mass is 230 g/mol. The lowest BCUT2D eigenvalue weighted by Crippen LogP contribution is -2.20. The standard InChI is InChI=1S/C10H15ClN2S/c11-9-6-13-10(14-9)7-12-5-8-3-1-2-4-8/h6,8,12H,1-5,7H2. The summed E-state index contributed by atoms with van der Waals surface area (Å²) in [7, 11) is 0. The van der Waals surface area contributed by atoms with Crippen LogP contribution in [0.3, 0.4) is 0 Å². The van der Waals surface area contributed by atoms with Crippen molar-refractivity contribution in [1.29, 1.82) is 0 Å². The normalized spacial score (nSPS) is 17.8. The molecule has 0 atom stereocenters. The zero-order valence-corrected chi connectivity index (χ0v) is 9.70. The van der Waals surface area contributed by atoms with E-state index < -0.39 is 0 Å². The molecule has 1 aliphatic carbocycles. The maximum absolute atomic E-state index is 5.79. The Morgan fingerprint density at radius 1 is 1.50 bits per heavy atom. The number of halogens is 1. The summed E-state index contributed by atoms with van der Waals surface area (Å²) in [6.07, 6.45) is 7.33. The minimum absolute atomic E-state index is 0.780. The molecule has 0 saturated heterocycles. The van der Waals surface area contributed by atoms with Crippen molar-refractivity contribution in [3.05, 3.63) is 15.5 Å². The molecule has 0 unspecified atom stereocenters. The van der Waals surface area contributed by atoms with Gasteiger partial charge in [-0.25, -0.2) is 4.98 Å². The fourth-order valence-electron chi connectivity index (χ4n) is 1.97. The average Bonchev–Trinajstić information content (AvgIpc) is 2.77. The molecular weight excluding hydrogens is 216 g/mol. The topological polar surface area (TPSA) is 24.9 Å². The first-order chi connectivity index (χ1) is 6.84. The summed E-state index contributed by atoms with van der Waals surface area (Å²) in [5, 5.41) is 4.54. The third-order valence-corrected chi connectivity index (χ3v) is 3.82. The van der Waals surface area contributed by atoms with E-state index in [1.165, 1.54) is 25.7 Å². The minimum atomic E-state index is 0.780. The van der Waals surface area contributed by atoms with Crippen LogP contribution in [-0.4, -0.2) is 11.5 Å². The summed E-state index contributed by atoms with van der Waals surface area (Å²) in [4.78, 5) is 4.20. The van der Waals surface area contributed by atoms with Gasteiger partial charge in [0.1, 0.15) is 9.34 Å². The molecule has 0 bridgehead atoms. The first-order valence-electron chi connectivity index (χ1n) is 5.15. The summed E-state index contributed by atoms with van der Waals surface area (Å²) >= 11 is 7.36. The van der Waals surface area contributed by atoms with Crippen LogP contribution in [0.2, 0.25) is 4.34 Å². The first-order valence-corrected chi connectivity index (χ1v) is 6.35. The fourth-order valence-corrected chi connectivity index (χ4v) is 2.89. The molecule has 0 amide bonds. The summed E-state index contributed by atoms with van der Waals surface area (Å²) in [5.41, 5.74) is 0. The van der Waals surface area contributed by atoms with Crippen LogP contribution < -0.4 is 5.32 Å². The molecule has 1 heterocycles. The van der Waals surface area contributed by atoms with Gasteiger partial charge in [-0.1, -0.05) is 24.4 Å². The van der Waals surface area contributed by atoms with Crippen molar-refractivity contribution in [3.63, 3.8) is 0 Å². The third kappa shape index (κ3) is 2.94. The van der Waals surface area contributed by atoms with E-state index in [9.17, 15) is 0 Å². The van der Waals surface area contributed by atoms with Crippen LogP contribution in [0, 0.1) is 5.92 Å². The number of thiazole rings is 1. The molecule has 1 fully saturated rings. The van der Waals surface area contributed by atoms with Gasteiger partial charge in [0, 0.05) is 6.54 Å². The van der Waals surface area contributed by atoms with Crippen molar-refractivity contribution < 1.29 is 0 Å². The zero-order valence-electron chi connectivity index (χ0n) is 8.13. The number of hydrogen-bond donors (Lipinski definition) is 1. The molecule has 1 aromatic rings. The summed E-state index contributed by atoms with van der Waals surface area (Å²) in [6, 6.07) is 0. The summed E-state index contributed by atoms with van der Waals surface area (Å²) in [6.45, 7) is 2.01.